The lowest BCUT2D eigenvalue weighted by atomic mass is 10.2. The molecular weight excluding hydrogens is 414 g/mol. The van der Waals surface area contributed by atoms with E-state index in [4.69, 9.17) is 28.9 Å². The predicted molar refractivity (Wildman–Crippen MR) is 119 cm³/mol. The fraction of sp³-hybridized carbons (Fsp3) is 0.333. The third kappa shape index (κ3) is 5.61. The molecule has 0 radical (unpaired) electrons. The molecule has 0 bridgehead atoms. The van der Waals surface area contributed by atoms with Gasteiger partial charge in [-0.25, -0.2) is 9.37 Å². The van der Waals surface area contributed by atoms with Gasteiger partial charge < -0.3 is 15.6 Å². The van der Waals surface area contributed by atoms with Crippen LogP contribution in [0.4, 0.5) is 16.0 Å². The van der Waals surface area contributed by atoms with Gasteiger partial charge in [-0.1, -0.05) is 68.8 Å². The summed E-state index contributed by atoms with van der Waals surface area (Å²) in [6.07, 6.45) is 5.54. The van der Waals surface area contributed by atoms with E-state index in [0.717, 1.165) is 0 Å². The highest BCUT2D eigenvalue weighted by atomic mass is 35.5. The average Bonchev–Trinajstić information content (AvgIpc) is 2.98. The van der Waals surface area contributed by atoms with Crippen molar-refractivity contribution in [1.29, 1.82) is 0 Å². The second-order valence-corrected chi connectivity index (χ2v) is 7.42. The predicted octanol–water partition coefficient (Wildman–Crippen LogP) is 6.45. The van der Waals surface area contributed by atoms with Crippen LogP contribution in [-0.2, 0) is 7.05 Å². The first-order valence-electron chi connectivity index (χ1n) is 9.46. The van der Waals surface area contributed by atoms with Crippen LogP contribution in [0.1, 0.15) is 49.9 Å². The monoisotopic (exact) mass is 438 g/mol. The first kappa shape index (κ1) is 23.0. The van der Waals surface area contributed by atoms with Gasteiger partial charge in [0.15, 0.2) is 0 Å². The molecular formula is C21H25Cl2FN4O. The molecule has 29 heavy (non-hydrogen) atoms. The second-order valence-electron chi connectivity index (χ2n) is 6.61. The Morgan fingerprint density at radius 3 is 2.28 bits per heavy atom. The molecule has 0 atom stereocenters. The SMILES string of the molecule is CCCCCC.Cn1c(Nc2c(Cl)cccc2Cl)nc2cc(C(N)=O)c(F)cc21. The van der Waals surface area contributed by atoms with Crippen molar-refractivity contribution in [3.8, 4) is 0 Å². The maximum absolute atomic E-state index is 13.9. The number of aryl methyl sites for hydroxylation is 1. The molecule has 3 aromatic rings. The quantitative estimate of drug-likeness (QED) is 0.434. The molecule has 0 aliphatic heterocycles. The molecule has 0 saturated carbocycles. The lowest BCUT2D eigenvalue weighted by Crippen LogP contribution is -2.13. The molecule has 0 spiro atoms. The molecule has 5 nitrogen and oxygen atoms in total. The van der Waals surface area contributed by atoms with Crippen LogP contribution in [0.5, 0.6) is 0 Å². The molecule has 0 fully saturated rings. The Morgan fingerprint density at radius 2 is 1.76 bits per heavy atom. The number of benzene rings is 2. The average molecular weight is 439 g/mol. The smallest absolute Gasteiger partial charge is 0.251 e. The molecule has 1 heterocycles. The van der Waals surface area contributed by atoms with Crippen molar-refractivity contribution in [3.63, 3.8) is 0 Å². The van der Waals surface area contributed by atoms with Gasteiger partial charge in [0.2, 0.25) is 5.95 Å². The third-order valence-electron chi connectivity index (χ3n) is 4.39. The van der Waals surface area contributed by atoms with E-state index in [0.29, 0.717) is 32.7 Å². The summed E-state index contributed by atoms with van der Waals surface area (Å²) in [4.78, 5) is 15.6. The van der Waals surface area contributed by atoms with Gasteiger partial charge in [0.05, 0.1) is 32.3 Å². The van der Waals surface area contributed by atoms with Crippen LogP contribution in [0.25, 0.3) is 11.0 Å². The first-order chi connectivity index (χ1) is 13.8. The molecule has 3 rings (SSSR count). The number of primary amides is 1. The van der Waals surface area contributed by atoms with Crippen molar-refractivity contribution >= 4 is 51.8 Å². The molecule has 0 aliphatic rings. The molecule has 3 N–H and O–H groups in total. The second kappa shape index (κ2) is 10.5. The van der Waals surface area contributed by atoms with E-state index in [1.165, 1.54) is 37.8 Å². The molecule has 156 valence electrons. The van der Waals surface area contributed by atoms with Gasteiger partial charge in [-0.2, -0.15) is 0 Å². The summed E-state index contributed by atoms with van der Waals surface area (Å²) < 4.78 is 15.5. The Bertz CT molecular complexity index is 980. The Hall–Kier alpha value is -2.31. The summed E-state index contributed by atoms with van der Waals surface area (Å²) in [7, 11) is 1.70. The summed E-state index contributed by atoms with van der Waals surface area (Å²) in [5, 5.41) is 3.86. The zero-order valence-corrected chi connectivity index (χ0v) is 18.2. The highest BCUT2D eigenvalue weighted by Crippen LogP contribution is 2.33. The number of nitrogens with zero attached hydrogens (tertiary/aromatic N) is 2. The molecule has 0 saturated heterocycles. The van der Waals surface area contributed by atoms with Crippen molar-refractivity contribution < 1.29 is 9.18 Å². The molecule has 8 heteroatoms. The fourth-order valence-corrected chi connectivity index (χ4v) is 3.23. The van der Waals surface area contributed by atoms with Crippen molar-refractivity contribution in [2.24, 2.45) is 12.8 Å². The van der Waals surface area contributed by atoms with Crippen molar-refractivity contribution in [2.75, 3.05) is 5.32 Å². The van der Waals surface area contributed by atoms with Crippen molar-refractivity contribution in [3.05, 3.63) is 51.8 Å². The van der Waals surface area contributed by atoms with E-state index >= 15 is 0 Å². The summed E-state index contributed by atoms with van der Waals surface area (Å²) in [5.74, 6) is -1.15. The van der Waals surface area contributed by atoms with Crippen LogP contribution < -0.4 is 11.1 Å². The van der Waals surface area contributed by atoms with Crippen LogP contribution in [-0.4, -0.2) is 15.5 Å². The van der Waals surface area contributed by atoms with Crippen LogP contribution in [0.3, 0.4) is 0 Å². The minimum Gasteiger partial charge on any atom is -0.366 e. The number of rotatable bonds is 6. The minimum atomic E-state index is -0.848. The number of halogens is 3. The van der Waals surface area contributed by atoms with Gasteiger partial charge in [0, 0.05) is 13.1 Å². The van der Waals surface area contributed by atoms with E-state index in [1.807, 2.05) is 0 Å². The van der Waals surface area contributed by atoms with E-state index in [2.05, 4.69) is 24.1 Å². The fourth-order valence-electron chi connectivity index (χ4n) is 2.74. The number of nitrogens with two attached hydrogens (primary N) is 1. The number of para-hydroxylation sites is 1. The van der Waals surface area contributed by atoms with Gasteiger partial charge in [0.25, 0.3) is 5.91 Å². The normalized spacial score (nSPS) is 10.6. The Kier molecular flexibility index (Phi) is 8.29. The standard InChI is InChI=1S/C15H11Cl2FN4O.C6H14/c1-22-12-6-10(18)7(14(19)23)5-11(12)20-15(22)21-13-8(16)3-2-4-9(13)17;1-3-5-6-4-2/h2-6H,1H3,(H2,19,23)(H,20,21);3-6H2,1-2H3. The Labute approximate surface area is 180 Å². The lowest BCUT2D eigenvalue weighted by Gasteiger charge is -2.09. The number of fused-ring (bicyclic) bond motifs is 1. The van der Waals surface area contributed by atoms with Gasteiger partial charge in [-0.3, -0.25) is 4.79 Å². The summed E-state index contributed by atoms with van der Waals surface area (Å²) in [6, 6.07) is 7.61. The topological polar surface area (TPSA) is 72.9 Å². The first-order valence-corrected chi connectivity index (χ1v) is 10.2. The van der Waals surface area contributed by atoms with E-state index in [-0.39, 0.29) is 5.56 Å². The largest absolute Gasteiger partial charge is 0.366 e. The van der Waals surface area contributed by atoms with Crippen LogP contribution in [0.2, 0.25) is 10.0 Å². The number of hydrogen-bond donors (Lipinski definition) is 2. The van der Waals surface area contributed by atoms with Gasteiger partial charge >= 0.3 is 0 Å². The Morgan fingerprint density at radius 1 is 1.17 bits per heavy atom. The number of carbonyl (C=O) groups excluding carboxylic acids is 1. The summed E-state index contributed by atoms with van der Waals surface area (Å²) in [6.45, 7) is 4.46. The molecule has 1 aromatic heterocycles. The number of carbonyl (C=O) groups is 1. The number of hydrogen-bond acceptors (Lipinski definition) is 3. The van der Waals surface area contributed by atoms with E-state index < -0.39 is 11.7 Å². The molecule has 1 amide bonds. The maximum Gasteiger partial charge on any atom is 0.251 e. The Balaban J connectivity index is 0.000000438. The number of amides is 1. The number of unbranched alkanes of at least 4 members (excludes halogenated alkanes) is 3. The molecule has 0 unspecified atom stereocenters. The number of nitrogens with one attached hydrogen (secondary N) is 1. The van der Waals surface area contributed by atoms with Crippen LogP contribution >= 0.6 is 23.2 Å². The van der Waals surface area contributed by atoms with Gasteiger partial charge in [-0.15, -0.1) is 0 Å². The highest BCUT2D eigenvalue weighted by Gasteiger charge is 2.16. The molecule has 2 aromatic carbocycles. The summed E-state index contributed by atoms with van der Waals surface area (Å²) in [5.41, 5.74) is 6.35. The minimum absolute atomic E-state index is 0.210. The lowest BCUT2D eigenvalue weighted by molar-refractivity contribution is 0.0996. The van der Waals surface area contributed by atoms with E-state index in [9.17, 15) is 9.18 Å². The van der Waals surface area contributed by atoms with E-state index in [1.54, 1.807) is 29.8 Å². The number of aromatic nitrogens is 2. The van der Waals surface area contributed by atoms with Gasteiger partial charge in [-0.05, 0) is 18.2 Å². The van der Waals surface area contributed by atoms with Gasteiger partial charge in [0.1, 0.15) is 5.82 Å². The van der Waals surface area contributed by atoms with Crippen molar-refractivity contribution in [1.82, 2.24) is 9.55 Å². The number of anilines is 2. The number of imidazole rings is 1. The maximum atomic E-state index is 13.9. The zero-order valence-electron chi connectivity index (χ0n) is 16.7. The third-order valence-corrected chi connectivity index (χ3v) is 5.02. The van der Waals surface area contributed by atoms with Crippen LogP contribution in [0.15, 0.2) is 30.3 Å². The van der Waals surface area contributed by atoms with Crippen molar-refractivity contribution in [2.45, 2.75) is 39.5 Å². The zero-order chi connectivity index (χ0) is 21.6. The highest BCUT2D eigenvalue weighted by molar-refractivity contribution is 6.39. The summed E-state index contributed by atoms with van der Waals surface area (Å²) >= 11 is 12.2. The van der Waals surface area contributed by atoms with Crippen LogP contribution in [0, 0.1) is 5.82 Å². The molecule has 0 aliphatic carbocycles.